The Kier molecular flexibility index (Phi) is 8.20. The fraction of sp³-hybridized carbons (Fsp3) is 0. The predicted octanol–water partition coefficient (Wildman–Crippen LogP) is 12.7. The quantitative estimate of drug-likeness (QED) is 0.170. The Hall–Kier alpha value is -6.97. The molecular formula is C49H33N3. The smallest absolute Gasteiger partial charge is 0.160 e. The molecule has 0 atom stereocenters. The zero-order valence-electron chi connectivity index (χ0n) is 28.4. The molecule has 0 bridgehead atoms. The summed E-state index contributed by atoms with van der Waals surface area (Å²) in [5.74, 6) is 0.660. The van der Waals surface area contributed by atoms with Crippen molar-refractivity contribution in [2.24, 2.45) is 0 Å². The van der Waals surface area contributed by atoms with Gasteiger partial charge in [0.15, 0.2) is 5.82 Å². The van der Waals surface area contributed by atoms with Crippen LogP contribution in [0.4, 0.5) is 0 Å². The average molecular weight is 664 g/mol. The zero-order valence-corrected chi connectivity index (χ0v) is 28.4. The summed E-state index contributed by atoms with van der Waals surface area (Å²) in [5.41, 5.74) is 13.6. The summed E-state index contributed by atoms with van der Waals surface area (Å²) in [5, 5.41) is 2.27. The Labute approximate surface area is 303 Å². The first kappa shape index (κ1) is 31.0. The molecule has 0 fully saturated rings. The Morgan fingerprint density at radius 3 is 1.40 bits per heavy atom. The number of pyridine rings is 1. The third-order valence-corrected chi connectivity index (χ3v) is 9.52. The SMILES string of the molecule is c1ccc(-c2ccc(-c3cc(-c4cc(-c5ccccc5)cc(-c5ccccc5)c4)nc(-c4cccc(-c5nccc6ccccc56)c4)n3)cc2)cc1. The van der Waals surface area contributed by atoms with E-state index in [1.807, 2.05) is 12.3 Å². The highest BCUT2D eigenvalue weighted by molar-refractivity contribution is 5.95. The number of rotatable bonds is 7. The van der Waals surface area contributed by atoms with Crippen LogP contribution in [0, 0.1) is 0 Å². The zero-order chi connectivity index (χ0) is 34.7. The largest absolute Gasteiger partial charge is 0.256 e. The van der Waals surface area contributed by atoms with Crippen molar-refractivity contribution in [2.75, 3.05) is 0 Å². The third-order valence-electron chi connectivity index (χ3n) is 9.52. The van der Waals surface area contributed by atoms with Crippen molar-refractivity contribution in [3.63, 3.8) is 0 Å². The van der Waals surface area contributed by atoms with Crippen molar-refractivity contribution < 1.29 is 0 Å². The highest BCUT2D eigenvalue weighted by atomic mass is 14.9. The van der Waals surface area contributed by atoms with Gasteiger partial charge in [0, 0.05) is 33.8 Å². The van der Waals surface area contributed by atoms with Gasteiger partial charge in [0.05, 0.1) is 17.1 Å². The van der Waals surface area contributed by atoms with Crippen molar-refractivity contribution in [1.29, 1.82) is 0 Å². The van der Waals surface area contributed by atoms with Crippen molar-refractivity contribution in [2.45, 2.75) is 0 Å². The summed E-state index contributed by atoms with van der Waals surface area (Å²) >= 11 is 0. The topological polar surface area (TPSA) is 38.7 Å². The van der Waals surface area contributed by atoms with Crippen LogP contribution in [0.3, 0.4) is 0 Å². The van der Waals surface area contributed by atoms with Gasteiger partial charge >= 0.3 is 0 Å². The van der Waals surface area contributed by atoms with E-state index in [4.69, 9.17) is 15.0 Å². The maximum absolute atomic E-state index is 5.30. The third kappa shape index (κ3) is 6.28. The normalized spacial score (nSPS) is 11.1. The molecule has 7 aromatic carbocycles. The van der Waals surface area contributed by atoms with Gasteiger partial charge in [-0.05, 0) is 75.2 Å². The summed E-state index contributed by atoms with van der Waals surface area (Å²) in [7, 11) is 0. The lowest BCUT2D eigenvalue weighted by Gasteiger charge is -2.14. The van der Waals surface area contributed by atoms with E-state index in [1.165, 1.54) is 5.56 Å². The van der Waals surface area contributed by atoms with Crippen molar-refractivity contribution >= 4 is 10.8 Å². The minimum Gasteiger partial charge on any atom is -0.256 e. The second-order valence-corrected chi connectivity index (χ2v) is 12.9. The molecule has 2 aromatic heterocycles. The van der Waals surface area contributed by atoms with E-state index < -0.39 is 0 Å². The Bertz CT molecular complexity index is 2590. The number of fused-ring (bicyclic) bond motifs is 1. The van der Waals surface area contributed by atoms with Crippen LogP contribution < -0.4 is 0 Å². The van der Waals surface area contributed by atoms with Crippen LogP contribution in [-0.4, -0.2) is 15.0 Å². The van der Waals surface area contributed by atoms with Gasteiger partial charge in [0.1, 0.15) is 0 Å². The van der Waals surface area contributed by atoms with E-state index in [9.17, 15) is 0 Å². The summed E-state index contributed by atoms with van der Waals surface area (Å²) in [4.78, 5) is 15.3. The number of hydrogen-bond acceptors (Lipinski definition) is 3. The fourth-order valence-electron chi connectivity index (χ4n) is 6.86. The Morgan fingerprint density at radius 2 is 0.750 bits per heavy atom. The molecule has 3 heteroatoms. The van der Waals surface area contributed by atoms with E-state index in [0.717, 1.165) is 77.9 Å². The lowest BCUT2D eigenvalue weighted by atomic mass is 9.94. The summed E-state index contributed by atoms with van der Waals surface area (Å²) in [6.45, 7) is 0. The first-order chi connectivity index (χ1) is 25.7. The van der Waals surface area contributed by atoms with E-state index in [2.05, 4.69) is 188 Å². The lowest BCUT2D eigenvalue weighted by Crippen LogP contribution is -1.97. The van der Waals surface area contributed by atoms with Crippen LogP contribution in [0.15, 0.2) is 200 Å². The van der Waals surface area contributed by atoms with E-state index >= 15 is 0 Å². The molecule has 0 aliphatic heterocycles. The first-order valence-electron chi connectivity index (χ1n) is 17.5. The van der Waals surface area contributed by atoms with Crippen LogP contribution in [-0.2, 0) is 0 Å². The van der Waals surface area contributed by atoms with Gasteiger partial charge in [-0.15, -0.1) is 0 Å². The van der Waals surface area contributed by atoms with E-state index in [1.54, 1.807) is 0 Å². The molecule has 244 valence electrons. The molecule has 2 heterocycles. The monoisotopic (exact) mass is 663 g/mol. The summed E-state index contributed by atoms with van der Waals surface area (Å²) in [6, 6.07) is 67.9. The molecule has 52 heavy (non-hydrogen) atoms. The molecule has 3 nitrogen and oxygen atoms in total. The van der Waals surface area contributed by atoms with Crippen LogP contribution in [0.1, 0.15) is 0 Å². The first-order valence-corrected chi connectivity index (χ1v) is 17.5. The molecule has 0 spiro atoms. The summed E-state index contributed by atoms with van der Waals surface area (Å²) < 4.78 is 0. The van der Waals surface area contributed by atoms with E-state index in [-0.39, 0.29) is 0 Å². The average Bonchev–Trinajstić information content (AvgIpc) is 3.24. The molecule has 0 saturated heterocycles. The van der Waals surface area contributed by atoms with Crippen LogP contribution in [0.5, 0.6) is 0 Å². The molecule has 0 aliphatic carbocycles. The van der Waals surface area contributed by atoms with Gasteiger partial charge in [-0.1, -0.05) is 158 Å². The van der Waals surface area contributed by atoms with E-state index in [0.29, 0.717) is 5.82 Å². The second-order valence-electron chi connectivity index (χ2n) is 12.9. The molecule has 9 rings (SSSR count). The van der Waals surface area contributed by atoms with Gasteiger partial charge in [-0.3, -0.25) is 4.98 Å². The second kappa shape index (κ2) is 13.7. The maximum atomic E-state index is 5.30. The minimum atomic E-state index is 0.660. The minimum absolute atomic E-state index is 0.660. The van der Waals surface area contributed by atoms with Crippen LogP contribution in [0.25, 0.3) is 89.3 Å². The lowest BCUT2D eigenvalue weighted by molar-refractivity contribution is 1.18. The predicted molar refractivity (Wildman–Crippen MR) is 215 cm³/mol. The fourth-order valence-corrected chi connectivity index (χ4v) is 6.86. The van der Waals surface area contributed by atoms with Crippen molar-refractivity contribution in [3.05, 3.63) is 200 Å². The standard InChI is InChI=1S/C49H33N3/c1-4-13-34(14-5-1)37-23-25-39(26-24-37)46-33-47(44-31-42(35-15-6-2-7-16-35)30-43(32-44)36-17-8-3-9-18-36)52-49(51-46)41-21-12-20-40(29-41)48-45-22-11-10-19-38(45)27-28-50-48/h1-33H. The van der Waals surface area contributed by atoms with Gasteiger partial charge in [-0.25, -0.2) is 9.97 Å². The number of benzene rings is 7. The van der Waals surface area contributed by atoms with Crippen LogP contribution >= 0.6 is 0 Å². The number of nitrogens with zero attached hydrogens (tertiary/aromatic N) is 3. The Balaban J connectivity index is 1.22. The molecule has 0 amide bonds. The molecule has 0 saturated carbocycles. The van der Waals surface area contributed by atoms with Crippen molar-refractivity contribution in [1.82, 2.24) is 15.0 Å². The molecule has 0 unspecified atom stereocenters. The number of aromatic nitrogens is 3. The molecular weight excluding hydrogens is 631 g/mol. The van der Waals surface area contributed by atoms with Crippen molar-refractivity contribution in [3.8, 4) is 78.5 Å². The van der Waals surface area contributed by atoms with Gasteiger partial charge < -0.3 is 0 Å². The molecule has 0 aliphatic rings. The van der Waals surface area contributed by atoms with Crippen LogP contribution in [0.2, 0.25) is 0 Å². The molecule has 0 N–H and O–H groups in total. The Morgan fingerprint density at radius 1 is 0.288 bits per heavy atom. The maximum Gasteiger partial charge on any atom is 0.160 e. The molecule has 9 aromatic rings. The molecule has 0 radical (unpaired) electrons. The highest BCUT2D eigenvalue weighted by Gasteiger charge is 2.15. The van der Waals surface area contributed by atoms with Gasteiger partial charge in [-0.2, -0.15) is 0 Å². The highest BCUT2D eigenvalue weighted by Crippen LogP contribution is 2.36. The van der Waals surface area contributed by atoms with Gasteiger partial charge in [0.2, 0.25) is 0 Å². The number of hydrogen-bond donors (Lipinski definition) is 0. The van der Waals surface area contributed by atoms with Gasteiger partial charge in [0.25, 0.3) is 0 Å². The summed E-state index contributed by atoms with van der Waals surface area (Å²) in [6.07, 6.45) is 1.88.